The second-order valence-electron chi connectivity index (χ2n) is 7.59. The number of anilines is 2. The van der Waals surface area contributed by atoms with Crippen LogP contribution in [0.2, 0.25) is 5.02 Å². The SMILES string of the molecule is CN(Cc1ccccc1)c1cc(-c2cn[nH]c2)n2nc(C(=O)Nc3cccc(Cl)c3)cc2n1. The quantitative estimate of drug-likeness (QED) is 0.387. The van der Waals surface area contributed by atoms with E-state index in [0.717, 1.165) is 17.1 Å². The van der Waals surface area contributed by atoms with E-state index in [2.05, 4.69) is 37.6 Å². The Kier molecular flexibility index (Phi) is 5.50. The van der Waals surface area contributed by atoms with Gasteiger partial charge in [0.05, 0.1) is 11.9 Å². The number of hydrogen-bond acceptors (Lipinski definition) is 5. The van der Waals surface area contributed by atoms with Crippen LogP contribution < -0.4 is 10.2 Å². The second kappa shape index (κ2) is 8.76. The standard InChI is InChI=1S/C24H20ClN7O/c1-31(15-16-6-3-2-4-7-16)22-12-21(17-13-26-27-14-17)32-23(29-22)11-20(30-32)24(33)28-19-9-5-8-18(25)10-19/h2-14H,15H2,1H3,(H,26,27)(H,28,33). The molecular formula is C24H20ClN7O. The van der Waals surface area contributed by atoms with Gasteiger partial charge in [-0.05, 0) is 23.8 Å². The van der Waals surface area contributed by atoms with E-state index >= 15 is 0 Å². The number of H-pyrrole nitrogens is 1. The molecule has 5 aromatic rings. The van der Waals surface area contributed by atoms with Crippen LogP contribution in [0.3, 0.4) is 0 Å². The summed E-state index contributed by atoms with van der Waals surface area (Å²) in [6.45, 7) is 0.686. The lowest BCUT2D eigenvalue weighted by Gasteiger charge is -2.19. The first-order valence-electron chi connectivity index (χ1n) is 10.3. The predicted molar refractivity (Wildman–Crippen MR) is 129 cm³/mol. The lowest BCUT2D eigenvalue weighted by atomic mass is 10.2. The van der Waals surface area contributed by atoms with E-state index in [1.54, 1.807) is 47.2 Å². The summed E-state index contributed by atoms with van der Waals surface area (Å²) < 4.78 is 1.65. The summed E-state index contributed by atoms with van der Waals surface area (Å²) in [6, 6.07) is 20.7. The van der Waals surface area contributed by atoms with Crippen molar-refractivity contribution in [1.82, 2.24) is 24.8 Å². The molecule has 0 bridgehead atoms. The number of amides is 1. The molecule has 33 heavy (non-hydrogen) atoms. The Balaban J connectivity index is 1.52. The first-order chi connectivity index (χ1) is 16.1. The van der Waals surface area contributed by atoms with Gasteiger partial charge in [0.2, 0.25) is 0 Å². The molecule has 3 heterocycles. The molecule has 0 unspecified atom stereocenters. The molecule has 8 nitrogen and oxygen atoms in total. The number of nitrogens with zero attached hydrogens (tertiary/aromatic N) is 5. The van der Waals surface area contributed by atoms with Gasteiger partial charge in [-0.3, -0.25) is 9.89 Å². The van der Waals surface area contributed by atoms with Gasteiger partial charge in [0.15, 0.2) is 11.3 Å². The van der Waals surface area contributed by atoms with Gasteiger partial charge >= 0.3 is 0 Å². The lowest BCUT2D eigenvalue weighted by molar-refractivity contribution is 0.102. The van der Waals surface area contributed by atoms with Crippen molar-refractivity contribution in [3.8, 4) is 11.3 Å². The predicted octanol–water partition coefficient (Wildman–Crippen LogP) is 4.66. The van der Waals surface area contributed by atoms with E-state index in [0.29, 0.717) is 22.9 Å². The number of benzene rings is 2. The van der Waals surface area contributed by atoms with Crippen LogP contribution in [0.25, 0.3) is 16.9 Å². The zero-order chi connectivity index (χ0) is 22.8. The van der Waals surface area contributed by atoms with E-state index < -0.39 is 0 Å². The minimum atomic E-state index is -0.347. The number of halogens is 1. The monoisotopic (exact) mass is 457 g/mol. The molecule has 0 aliphatic heterocycles. The molecule has 0 saturated heterocycles. The van der Waals surface area contributed by atoms with Crippen molar-refractivity contribution >= 4 is 34.7 Å². The molecule has 2 aromatic carbocycles. The second-order valence-corrected chi connectivity index (χ2v) is 8.03. The highest BCUT2D eigenvalue weighted by Gasteiger charge is 2.18. The van der Waals surface area contributed by atoms with E-state index in [1.807, 2.05) is 31.3 Å². The average molecular weight is 458 g/mol. The first kappa shape index (κ1) is 20.7. The molecule has 5 rings (SSSR count). The van der Waals surface area contributed by atoms with E-state index in [-0.39, 0.29) is 11.6 Å². The number of hydrogen-bond donors (Lipinski definition) is 2. The van der Waals surface area contributed by atoms with Crippen molar-refractivity contribution in [2.45, 2.75) is 6.54 Å². The van der Waals surface area contributed by atoms with Crippen LogP contribution in [0.4, 0.5) is 11.5 Å². The van der Waals surface area contributed by atoms with Crippen molar-refractivity contribution in [2.75, 3.05) is 17.3 Å². The van der Waals surface area contributed by atoms with Crippen LogP contribution in [-0.2, 0) is 6.54 Å². The Hall–Kier alpha value is -4.17. The smallest absolute Gasteiger partial charge is 0.276 e. The number of aromatic nitrogens is 5. The normalized spacial score (nSPS) is 11.0. The molecule has 0 aliphatic carbocycles. The fourth-order valence-corrected chi connectivity index (χ4v) is 3.75. The summed E-state index contributed by atoms with van der Waals surface area (Å²) in [4.78, 5) is 19.7. The van der Waals surface area contributed by atoms with E-state index in [9.17, 15) is 4.79 Å². The van der Waals surface area contributed by atoms with Crippen LogP contribution in [0.5, 0.6) is 0 Å². The fraction of sp³-hybridized carbons (Fsp3) is 0.0833. The van der Waals surface area contributed by atoms with Crippen LogP contribution >= 0.6 is 11.6 Å². The van der Waals surface area contributed by atoms with Crippen molar-refractivity contribution < 1.29 is 4.79 Å². The summed E-state index contributed by atoms with van der Waals surface area (Å²) in [6.07, 6.45) is 3.49. The van der Waals surface area contributed by atoms with Crippen molar-refractivity contribution in [3.05, 3.63) is 95.4 Å². The Bertz CT molecular complexity index is 1410. The minimum absolute atomic E-state index is 0.245. The molecular weight excluding hydrogens is 438 g/mol. The number of rotatable bonds is 6. The zero-order valence-corrected chi connectivity index (χ0v) is 18.5. The molecule has 0 spiro atoms. The molecule has 0 radical (unpaired) electrons. The highest BCUT2D eigenvalue weighted by Crippen LogP contribution is 2.25. The van der Waals surface area contributed by atoms with Crippen molar-refractivity contribution in [3.63, 3.8) is 0 Å². The maximum Gasteiger partial charge on any atom is 0.276 e. The first-order valence-corrected chi connectivity index (χ1v) is 10.7. The molecule has 164 valence electrons. The van der Waals surface area contributed by atoms with Crippen molar-refractivity contribution in [2.24, 2.45) is 0 Å². The molecule has 1 amide bonds. The Morgan fingerprint density at radius 3 is 2.73 bits per heavy atom. The lowest BCUT2D eigenvalue weighted by Crippen LogP contribution is -2.18. The molecule has 3 aromatic heterocycles. The highest BCUT2D eigenvalue weighted by molar-refractivity contribution is 6.30. The Morgan fingerprint density at radius 1 is 1.12 bits per heavy atom. The fourth-order valence-electron chi connectivity index (χ4n) is 3.56. The van der Waals surface area contributed by atoms with Gasteiger partial charge in [-0.1, -0.05) is 48.0 Å². The number of carbonyl (C=O) groups is 1. The van der Waals surface area contributed by atoms with Gasteiger partial charge in [-0.2, -0.15) is 10.2 Å². The molecule has 9 heteroatoms. The van der Waals surface area contributed by atoms with E-state index in [4.69, 9.17) is 16.6 Å². The van der Waals surface area contributed by atoms with Crippen molar-refractivity contribution in [1.29, 1.82) is 0 Å². The molecule has 0 aliphatic rings. The zero-order valence-electron chi connectivity index (χ0n) is 17.7. The van der Waals surface area contributed by atoms with Gasteiger partial charge in [0.1, 0.15) is 5.82 Å². The Labute approximate surface area is 194 Å². The third kappa shape index (κ3) is 4.42. The van der Waals surface area contributed by atoms with Gasteiger partial charge in [0.25, 0.3) is 5.91 Å². The largest absolute Gasteiger partial charge is 0.355 e. The Morgan fingerprint density at radius 2 is 1.97 bits per heavy atom. The van der Waals surface area contributed by atoms with Gasteiger partial charge in [-0.25, -0.2) is 9.50 Å². The number of nitrogens with one attached hydrogen (secondary N) is 2. The summed E-state index contributed by atoms with van der Waals surface area (Å²) in [5.41, 5.74) is 4.17. The molecule has 0 fully saturated rings. The van der Waals surface area contributed by atoms with Crippen LogP contribution in [0.1, 0.15) is 16.1 Å². The maximum absolute atomic E-state index is 12.9. The van der Waals surface area contributed by atoms with E-state index in [1.165, 1.54) is 5.56 Å². The highest BCUT2D eigenvalue weighted by atomic mass is 35.5. The number of aromatic amines is 1. The van der Waals surface area contributed by atoms with Gasteiger partial charge in [0, 0.05) is 48.2 Å². The third-order valence-electron chi connectivity index (χ3n) is 5.18. The summed E-state index contributed by atoms with van der Waals surface area (Å²) in [5.74, 6) is 0.407. The summed E-state index contributed by atoms with van der Waals surface area (Å²) >= 11 is 6.03. The minimum Gasteiger partial charge on any atom is -0.355 e. The third-order valence-corrected chi connectivity index (χ3v) is 5.41. The van der Waals surface area contributed by atoms with Crippen LogP contribution in [-0.4, -0.2) is 37.8 Å². The van der Waals surface area contributed by atoms with Crippen LogP contribution in [0, 0.1) is 0 Å². The summed E-state index contributed by atoms with van der Waals surface area (Å²) in [7, 11) is 1.98. The van der Waals surface area contributed by atoms with Gasteiger partial charge in [-0.15, -0.1) is 0 Å². The molecule has 0 atom stereocenters. The average Bonchev–Trinajstić information content (AvgIpc) is 3.49. The van der Waals surface area contributed by atoms with Crippen LogP contribution in [0.15, 0.2) is 79.1 Å². The molecule has 0 saturated carbocycles. The number of carbonyl (C=O) groups excluding carboxylic acids is 1. The number of fused-ring (bicyclic) bond motifs is 1. The summed E-state index contributed by atoms with van der Waals surface area (Å²) in [5, 5.41) is 14.8. The maximum atomic E-state index is 12.9. The van der Waals surface area contributed by atoms with Gasteiger partial charge < -0.3 is 10.2 Å². The molecule has 2 N–H and O–H groups in total. The topological polar surface area (TPSA) is 91.2 Å².